The van der Waals surface area contributed by atoms with Gasteiger partial charge in [0, 0.05) is 35.9 Å². The lowest BCUT2D eigenvalue weighted by molar-refractivity contribution is -0.117. The predicted octanol–water partition coefficient (Wildman–Crippen LogP) is 5.96. The topological polar surface area (TPSA) is 140 Å². The van der Waals surface area contributed by atoms with Crippen molar-refractivity contribution in [3.05, 3.63) is 101 Å². The van der Waals surface area contributed by atoms with E-state index in [1.807, 2.05) is 24.3 Å². The molecule has 1 atom stereocenters. The Kier molecular flexibility index (Phi) is 7.84. The molecule has 4 aliphatic carbocycles. The van der Waals surface area contributed by atoms with Gasteiger partial charge >= 0.3 is 5.97 Å². The second-order valence-corrected chi connectivity index (χ2v) is 13.6. The summed E-state index contributed by atoms with van der Waals surface area (Å²) in [6, 6.07) is 20.4. The smallest absolute Gasteiger partial charge is 0.335 e. The second-order valence-electron chi connectivity index (χ2n) is 13.6. The van der Waals surface area contributed by atoms with Crippen LogP contribution in [0.15, 0.2) is 79.0 Å². The summed E-state index contributed by atoms with van der Waals surface area (Å²) in [6.45, 7) is 0.589. The van der Waals surface area contributed by atoms with Crippen molar-refractivity contribution in [2.75, 3.05) is 18.4 Å². The number of fused-ring (bicyclic) bond motifs is 1. The van der Waals surface area contributed by atoms with Crippen LogP contribution in [0.4, 0.5) is 5.69 Å². The van der Waals surface area contributed by atoms with Crippen molar-refractivity contribution < 1.29 is 24.3 Å². The minimum absolute atomic E-state index is 0.0349. The number of hydrogen-bond acceptors (Lipinski definition) is 4. The number of rotatable bonds is 10. The molecule has 8 rings (SSSR count). The van der Waals surface area contributed by atoms with Gasteiger partial charge in [0.05, 0.1) is 22.6 Å². The van der Waals surface area contributed by atoms with Crippen molar-refractivity contribution in [1.29, 1.82) is 0 Å². The third-order valence-electron chi connectivity index (χ3n) is 10.3. The number of carbonyl (C=O) groups excluding carboxylic acids is 3. The SMILES string of the molecule is O=C(O)c1cccc(NC(=O)C(CNC(=O)c2cc3cc[nH]c3cc2C(=O)NCC23CC4CC(CC(C4)C2)C3)c2ccccc2)c1. The van der Waals surface area contributed by atoms with E-state index in [0.717, 1.165) is 28.7 Å². The van der Waals surface area contributed by atoms with Gasteiger partial charge in [0.25, 0.3) is 11.8 Å². The molecule has 0 aliphatic heterocycles. The maximum absolute atomic E-state index is 13.8. The summed E-state index contributed by atoms with van der Waals surface area (Å²) in [4.78, 5) is 55.7. The molecule has 1 unspecified atom stereocenters. The molecule has 4 aliphatic rings. The largest absolute Gasteiger partial charge is 0.478 e. The Labute approximate surface area is 267 Å². The quantitative estimate of drug-likeness (QED) is 0.149. The van der Waals surface area contributed by atoms with E-state index in [-0.39, 0.29) is 29.0 Å². The van der Waals surface area contributed by atoms with E-state index >= 15 is 0 Å². The van der Waals surface area contributed by atoms with Crippen molar-refractivity contribution in [1.82, 2.24) is 15.6 Å². The number of nitrogens with one attached hydrogen (secondary N) is 4. The van der Waals surface area contributed by atoms with Crippen LogP contribution < -0.4 is 16.0 Å². The summed E-state index contributed by atoms with van der Waals surface area (Å²) < 4.78 is 0. The molecule has 3 aromatic carbocycles. The average Bonchev–Trinajstić information content (AvgIpc) is 3.51. The van der Waals surface area contributed by atoms with Gasteiger partial charge in [-0.1, -0.05) is 36.4 Å². The number of carboxylic acid groups (broad SMARTS) is 1. The Hall–Kier alpha value is -4.92. The fraction of sp³-hybridized carbons (Fsp3) is 0.351. The molecule has 9 heteroatoms. The first-order valence-electron chi connectivity index (χ1n) is 16.1. The molecule has 0 spiro atoms. The number of aromatic amines is 1. The van der Waals surface area contributed by atoms with E-state index < -0.39 is 23.7 Å². The molecule has 0 radical (unpaired) electrons. The first-order chi connectivity index (χ1) is 22.2. The van der Waals surface area contributed by atoms with Gasteiger partial charge in [-0.05, 0) is 104 Å². The number of carbonyl (C=O) groups is 4. The van der Waals surface area contributed by atoms with Crippen LogP contribution in [0, 0.1) is 23.2 Å². The third-order valence-corrected chi connectivity index (χ3v) is 10.3. The lowest BCUT2D eigenvalue weighted by Gasteiger charge is -2.56. The van der Waals surface area contributed by atoms with Crippen LogP contribution in [0.3, 0.4) is 0 Å². The molecule has 5 N–H and O–H groups in total. The third kappa shape index (κ3) is 6.01. The molecular weight excluding hydrogens is 580 g/mol. The van der Waals surface area contributed by atoms with Gasteiger partial charge in [-0.2, -0.15) is 0 Å². The number of anilines is 1. The summed E-state index contributed by atoms with van der Waals surface area (Å²) in [7, 11) is 0. The summed E-state index contributed by atoms with van der Waals surface area (Å²) in [5.41, 5.74) is 2.54. The Morgan fingerprint density at radius 3 is 2.17 bits per heavy atom. The van der Waals surface area contributed by atoms with Gasteiger partial charge < -0.3 is 26.0 Å². The standard InChI is InChI=1S/C37H38N4O5/c42-33(39-20-31(25-5-2-1-3-6-25)35(44)41-28-8-4-7-27(14-28)36(45)46)29-15-26-9-10-38-32(26)16-30(29)34(43)40-21-37-17-22-11-23(18-37)13-24(12-22)19-37/h1-10,14-16,22-24,31,38H,11-13,17-21H2,(H,39,42)(H,40,43)(H,41,44)(H,45,46). The van der Waals surface area contributed by atoms with E-state index in [1.165, 1.54) is 50.7 Å². The zero-order valence-corrected chi connectivity index (χ0v) is 25.6. The summed E-state index contributed by atoms with van der Waals surface area (Å²) in [5.74, 6) is -0.675. The molecule has 0 saturated heterocycles. The molecule has 236 valence electrons. The number of hydrogen-bond donors (Lipinski definition) is 5. The zero-order chi connectivity index (χ0) is 31.8. The molecule has 1 aromatic heterocycles. The van der Waals surface area contributed by atoms with E-state index in [1.54, 1.807) is 42.6 Å². The van der Waals surface area contributed by atoms with Crippen molar-refractivity contribution >= 4 is 40.3 Å². The Bertz CT molecular complexity index is 1780. The molecule has 9 nitrogen and oxygen atoms in total. The molecule has 46 heavy (non-hydrogen) atoms. The van der Waals surface area contributed by atoms with Crippen molar-refractivity contribution in [2.24, 2.45) is 23.2 Å². The van der Waals surface area contributed by atoms with Crippen LogP contribution in [0.1, 0.15) is 81.1 Å². The number of amides is 3. The maximum Gasteiger partial charge on any atom is 0.335 e. The van der Waals surface area contributed by atoms with Crippen molar-refractivity contribution in [3.63, 3.8) is 0 Å². The molecule has 4 aromatic rings. The molecular formula is C37H38N4O5. The fourth-order valence-corrected chi connectivity index (χ4v) is 8.64. The Morgan fingerprint density at radius 1 is 0.804 bits per heavy atom. The van der Waals surface area contributed by atoms with E-state index in [4.69, 9.17) is 0 Å². The number of benzene rings is 3. The van der Waals surface area contributed by atoms with Crippen molar-refractivity contribution in [3.8, 4) is 0 Å². The van der Waals surface area contributed by atoms with Gasteiger partial charge in [-0.25, -0.2) is 4.79 Å². The number of aromatic nitrogens is 1. The van der Waals surface area contributed by atoms with Crippen LogP contribution in [0.5, 0.6) is 0 Å². The van der Waals surface area contributed by atoms with E-state index in [2.05, 4.69) is 20.9 Å². The minimum atomic E-state index is -1.10. The van der Waals surface area contributed by atoms with E-state index in [9.17, 15) is 24.3 Å². The van der Waals surface area contributed by atoms with Gasteiger partial charge in [-0.3, -0.25) is 14.4 Å². The lowest BCUT2D eigenvalue weighted by Crippen LogP contribution is -2.51. The van der Waals surface area contributed by atoms with Crippen LogP contribution in [-0.2, 0) is 4.79 Å². The first-order valence-corrected chi connectivity index (χ1v) is 16.1. The zero-order valence-electron chi connectivity index (χ0n) is 25.6. The van der Waals surface area contributed by atoms with Crippen molar-refractivity contribution in [2.45, 2.75) is 44.4 Å². The fourth-order valence-electron chi connectivity index (χ4n) is 8.64. The first kappa shape index (κ1) is 29.8. The normalized spacial score (nSPS) is 23.5. The molecule has 4 saturated carbocycles. The molecule has 4 fully saturated rings. The van der Waals surface area contributed by atoms with Crippen LogP contribution in [-0.4, -0.2) is 46.9 Å². The Balaban J connectivity index is 1.09. The van der Waals surface area contributed by atoms with Gasteiger partial charge in [0.1, 0.15) is 0 Å². The summed E-state index contributed by atoms with van der Waals surface area (Å²) in [5, 5.41) is 19.1. The van der Waals surface area contributed by atoms with E-state index in [0.29, 0.717) is 23.4 Å². The second kappa shape index (κ2) is 12.1. The highest BCUT2D eigenvalue weighted by Gasteiger charge is 2.50. The highest BCUT2D eigenvalue weighted by molar-refractivity contribution is 6.10. The molecule has 1 heterocycles. The van der Waals surface area contributed by atoms with Crippen LogP contribution >= 0.6 is 0 Å². The number of aromatic carboxylic acids is 1. The Morgan fingerprint density at radius 2 is 1.48 bits per heavy atom. The number of carboxylic acids is 1. The molecule has 3 amide bonds. The van der Waals surface area contributed by atoms with Crippen LogP contribution in [0.25, 0.3) is 10.9 Å². The van der Waals surface area contributed by atoms with Gasteiger partial charge in [0.2, 0.25) is 5.91 Å². The molecule has 4 bridgehead atoms. The summed E-state index contributed by atoms with van der Waals surface area (Å²) >= 11 is 0. The minimum Gasteiger partial charge on any atom is -0.478 e. The highest BCUT2D eigenvalue weighted by atomic mass is 16.4. The van der Waals surface area contributed by atoms with Gasteiger partial charge in [0.15, 0.2) is 0 Å². The average molecular weight is 619 g/mol. The summed E-state index contributed by atoms with van der Waals surface area (Å²) in [6.07, 6.45) is 9.29. The lowest BCUT2D eigenvalue weighted by atomic mass is 9.49. The van der Waals surface area contributed by atoms with Gasteiger partial charge in [-0.15, -0.1) is 0 Å². The predicted molar refractivity (Wildman–Crippen MR) is 175 cm³/mol. The monoisotopic (exact) mass is 618 g/mol. The highest BCUT2D eigenvalue weighted by Crippen LogP contribution is 2.59. The number of H-pyrrole nitrogens is 1. The van der Waals surface area contributed by atoms with Crippen LogP contribution in [0.2, 0.25) is 0 Å². The maximum atomic E-state index is 13.8.